The number of rotatable bonds is 7. The van der Waals surface area contributed by atoms with Crippen molar-refractivity contribution in [3.63, 3.8) is 0 Å². The van der Waals surface area contributed by atoms with E-state index in [1.54, 1.807) is 32.4 Å². The molecule has 2 aromatic carbocycles. The molecule has 0 fully saturated rings. The van der Waals surface area contributed by atoms with Crippen LogP contribution in [0.2, 0.25) is 0 Å². The lowest BCUT2D eigenvalue weighted by atomic mass is 9.92. The van der Waals surface area contributed by atoms with E-state index in [0.717, 1.165) is 23.1 Å². The van der Waals surface area contributed by atoms with E-state index in [1.165, 1.54) is 0 Å². The summed E-state index contributed by atoms with van der Waals surface area (Å²) in [5.41, 5.74) is 8.56. The lowest BCUT2D eigenvalue weighted by Gasteiger charge is -2.18. The van der Waals surface area contributed by atoms with E-state index in [4.69, 9.17) is 15.2 Å². The maximum Gasteiger partial charge on any atom is 0.335 e. The molecule has 2 aromatic rings. The molecule has 0 aromatic heterocycles. The molecule has 0 aliphatic rings. The zero-order valence-electron chi connectivity index (χ0n) is 14.2. The van der Waals surface area contributed by atoms with Gasteiger partial charge in [-0.25, -0.2) is 4.79 Å². The largest absolute Gasteiger partial charge is 0.493 e. The SMILES string of the molecule is COc1cc(C(C)CCN)cc(-c2cccc(C(=O)O)c2)c1OC. The van der Waals surface area contributed by atoms with Crippen molar-refractivity contribution in [3.8, 4) is 22.6 Å². The maximum absolute atomic E-state index is 11.3. The molecule has 5 heteroatoms. The summed E-state index contributed by atoms with van der Waals surface area (Å²) >= 11 is 0. The van der Waals surface area contributed by atoms with E-state index in [2.05, 4.69) is 6.92 Å². The molecule has 0 spiro atoms. The van der Waals surface area contributed by atoms with Crippen LogP contribution in [0.15, 0.2) is 36.4 Å². The van der Waals surface area contributed by atoms with Gasteiger partial charge >= 0.3 is 5.97 Å². The molecule has 0 aliphatic heterocycles. The molecule has 0 bridgehead atoms. The Balaban J connectivity index is 2.64. The average molecular weight is 329 g/mol. The van der Waals surface area contributed by atoms with Gasteiger partial charge in [-0.1, -0.05) is 19.1 Å². The van der Waals surface area contributed by atoms with Crippen LogP contribution in [0.25, 0.3) is 11.1 Å². The molecule has 5 nitrogen and oxygen atoms in total. The van der Waals surface area contributed by atoms with Crippen molar-refractivity contribution in [2.24, 2.45) is 5.73 Å². The topological polar surface area (TPSA) is 81.8 Å². The molecular weight excluding hydrogens is 306 g/mol. The van der Waals surface area contributed by atoms with Gasteiger partial charge in [-0.3, -0.25) is 0 Å². The van der Waals surface area contributed by atoms with Crippen molar-refractivity contribution in [1.82, 2.24) is 0 Å². The molecule has 1 atom stereocenters. The average Bonchev–Trinajstić information content (AvgIpc) is 2.60. The van der Waals surface area contributed by atoms with Crippen molar-refractivity contribution in [2.45, 2.75) is 19.3 Å². The first kappa shape index (κ1) is 17.8. The smallest absolute Gasteiger partial charge is 0.335 e. The van der Waals surface area contributed by atoms with Crippen molar-refractivity contribution < 1.29 is 19.4 Å². The fraction of sp³-hybridized carbons (Fsp3) is 0.316. The van der Waals surface area contributed by atoms with Crippen molar-refractivity contribution >= 4 is 5.97 Å². The first-order valence-corrected chi connectivity index (χ1v) is 7.81. The number of carboxylic acid groups (broad SMARTS) is 1. The van der Waals surface area contributed by atoms with E-state index >= 15 is 0 Å². The number of hydrogen-bond acceptors (Lipinski definition) is 4. The van der Waals surface area contributed by atoms with E-state index < -0.39 is 5.97 Å². The van der Waals surface area contributed by atoms with Gasteiger partial charge in [0, 0.05) is 5.56 Å². The van der Waals surface area contributed by atoms with E-state index in [0.29, 0.717) is 18.0 Å². The summed E-state index contributed by atoms with van der Waals surface area (Å²) in [7, 11) is 3.16. The lowest BCUT2D eigenvalue weighted by molar-refractivity contribution is 0.0697. The molecule has 24 heavy (non-hydrogen) atoms. The van der Waals surface area contributed by atoms with E-state index in [1.807, 2.05) is 18.2 Å². The highest BCUT2D eigenvalue weighted by atomic mass is 16.5. The number of methoxy groups -OCH3 is 2. The normalized spacial score (nSPS) is 11.8. The van der Waals surface area contributed by atoms with Crippen LogP contribution in [0.1, 0.15) is 35.2 Å². The van der Waals surface area contributed by atoms with Gasteiger partial charge in [0.05, 0.1) is 19.8 Å². The predicted molar refractivity (Wildman–Crippen MR) is 94.0 cm³/mol. The Morgan fingerprint density at radius 1 is 1.21 bits per heavy atom. The minimum absolute atomic E-state index is 0.230. The summed E-state index contributed by atoms with van der Waals surface area (Å²) in [4.78, 5) is 11.3. The van der Waals surface area contributed by atoms with Gasteiger partial charge in [-0.05, 0) is 54.3 Å². The predicted octanol–water partition coefficient (Wildman–Crippen LogP) is 3.52. The zero-order chi connectivity index (χ0) is 17.7. The standard InChI is InChI=1S/C19H23NO4/c1-12(7-8-20)15-10-16(18(24-3)17(11-15)23-2)13-5-4-6-14(9-13)19(21)22/h4-6,9-12H,7-8,20H2,1-3H3,(H,21,22). The maximum atomic E-state index is 11.3. The Hall–Kier alpha value is -2.53. The van der Waals surface area contributed by atoms with Crippen molar-refractivity contribution in [2.75, 3.05) is 20.8 Å². The molecule has 1 unspecified atom stereocenters. The van der Waals surface area contributed by atoms with Crippen LogP contribution >= 0.6 is 0 Å². The second-order valence-corrected chi connectivity index (χ2v) is 5.67. The van der Waals surface area contributed by atoms with E-state index in [9.17, 15) is 9.90 Å². The molecule has 0 saturated heterocycles. The summed E-state index contributed by atoms with van der Waals surface area (Å²) in [6.45, 7) is 2.70. The van der Waals surface area contributed by atoms with Crippen molar-refractivity contribution in [1.29, 1.82) is 0 Å². The van der Waals surface area contributed by atoms with Crippen LogP contribution in [0.4, 0.5) is 0 Å². The number of aromatic carboxylic acids is 1. The Morgan fingerprint density at radius 3 is 2.54 bits per heavy atom. The minimum Gasteiger partial charge on any atom is -0.493 e. The van der Waals surface area contributed by atoms with Gasteiger partial charge < -0.3 is 20.3 Å². The van der Waals surface area contributed by atoms with Gasteiger partial charge in [0.25, 0.3) is 0 Å². The monoisotopic (exact) mass is 329 g/mol. The van der Waals surface area contributed by atoms with E-state index in [-0.39, 0.29) is 11.5 Å². The molecule has 3 N–H and O–H groups in total. The molecular formula is C19H23NO4. The highest BCUT2D eigenvalue weighted by molar-refractivity contribution is 5.90. The van der Waals surface area contributed by atoms with Crippen LogP contribution in [0.5, 0.6) is 11.5 Å². The summed E-state index contributed by atoms with van der Waals surface area (Å²) in [5.74, 6) is 0.505. The molecule has 0 amide bonds. The number of hydrogen-bond donors (Lipinski definition) is 2. The summed E-state index contributed by atoms with van der Waals surface area (Å²) in [6, 6.07) is 10.8. The third-order valence-corrected chi connectivity index (χ3v) is 4.09. The first-order valence-electron chi connectivity index (χ1n) is 7.81. The minimum atomic E-state index is -0.963. The zero-order valence-corrected chi connectivity index (χ0v) is 14.2. The number of nitrogens with two attached hydrogens (primary N) is 1. The fourth-order valence-electron chi connectivity index (χ4n) is 2.72. The molecule has 0 aliphatic carbocycles. The molecule has 2 rings (SSSR count). The Morgan fingerprint density at radius 2 is 1.96 bits per heavy atom. The van der Waals surface area contributed by atoms with Gasteiger partial charge in [0.2, 0.25) is 0 Å². The van der Waals surface area contributed by atoms with Crippen molar-refractivity contribution in [3.05, 3.63) is 47.5 Å². The number of carbonyl (C=O) groups is 1. The summed E-state index contributed by atoms with van der Waals surface area (Å²) in [5, 5.41) is 9.23. The molecule has 0 heterocycles. The lowest BCUT2D eigenvalue weighted by Crippen LogP contribution is -2.05. The highest BCUT2D eigenvalue weighted by Gasteiger charge is 2.17. The Bertz CT molecular complexity index is 727. The highest BCUT2D eigenvalue weighted by Crippen LogP contribution is 2.41. The van der Waals surface area contributed by atoms with Gasteiger partial charge in [0.1, 0.15) is 0 Å². The Labute approximate surface area is 142 Å². The van der Waals surface area contributed by atoms with Crippen LogP contribution in [-0.4, -0.2) is 31.8 Å². The molecule has 128 valence electrons. The number of benzene rings is 2. The van der Waals surface area contributed by atoms with Crippen LogP contribution in [0, 0.1) is 0 Å². The van der Waals surface area contributed by atoms with Crippen LogP contribution in [-0.2, 0) is 0 Å². The number of ether oxygens (including phenoxy) is 2. The second-order valence-electron chi connectivity index (χ2n) is 5.67. The third-order valence-electron chi connectivity index (χ3n) is 4.09. The first-order chi connectivity index (χ1) is 11.5. The third kappa shape index (κ3) is 3.68. The number of carboxylic acids is 1. The summed E-state index contributed by atoms with van der Waals surface area (Å²) < 4.78 is 11.0. The quantitative estimate of drug-likeness (QED) is 0.812. The van der Waals surface area contributed by atoms with Gasteiger partial charge in [0.15, 0.2) is 11.5 Å². The Kier molecular flexibility index (Phi) is 5.82. The molecule has 0 radical (unpaired) electrons. The van der Waals surface area contributed by atoms with Crippen LogP contribution < -0.4 is 15.2 Å². The van der Waals surface area contributed by atoms with Crippen LogP contribution in [0.3, 0.4) is 0 Å². The molecule has 0 saturated carbocycles. The fourth-order valence-corrected chi connectivity index (χ4v) is 2.72. The van der Waals surface area contributed by atoms with Gasteiger partial charge in [-0.2, -0.15) is 0 Å². The van der Waals surface area contributed by atoms with Gasteiger partial charge in [-0.15, -0.1) is 0 Å². The summed E-state index contributed by atoms with van der Waals surface area (Å²) in [6.07, 6.45) is 0.851. The second kappa shape index (κ2) is 7.84.